The lowest BCUT2D eigenvalue weighted by molar-refractivity contribution is 0.242. The van der Waals surface area contributed by atoms with Crippen molar-refractivity contribution in [3.8, 4) is 5.75 Å². The lowest BCUT2D eigenvalue weighted by Gasteiger charge is -2.11. The van der Waals surface area contributed by atoms with Gasteiger partial charge in [0.2, 0.25) is 10.0 Å². The molecule has 1 N–H and O–H groups in total. The first-order valence-electron chi connectivity index (χ1n) is 8.42. The van der Waals surface area contributed by atoms with Crippen molar-refractivity contribution in [2.24, 2.45) is 0 Å². The lowest BCUT2D eigenvalue weighted by Crippen LogP contribution is -2.27. The normalized spacial score (nSPS) is 11.7. The molecule has 0 spiro atoms. The van der Waals surface area contributed by atoms with Gasteiger partial charge in [-0.05, 0) is 56.5 Å². The minimum Gasteiger partial charge on any atom is -0.491 e. The third-order valence-electron chi connectivity index (χ3n) is 3.63. The summed E-state index contributed by atoms with van der Waals surface area (Å²) in [4.78, 5) is 0. The number of ether oxygens (including phenoxy) is 1. The molecule has 142 valence electrons. The van der Waals surface area contributed by atoms with Crippen molar-refractivity contribution in [2.75, 3.05) is 6.54 Å². The Morgan fingerprint density at radius 2 is 1.92 bits per heavy atom. The second-order valence-corrected chi connectivity index (χ2v) is 8.49. The van der Waals surface area contributed by atoms with Crippen LogP contribution in [0, 0.1) is 5.82 Å². The van der Waals surface area contributed by atoms with Crippen LogP contribution < -0.4 is 9.46 Å². The first-order valence-corrected chi connectivity index (χ1v) is 10.5. The van der Waals surface area contributed by atoms with E-state index in [4.69, 9.17) is 16.3 Å². The maximum Gasteiger partial charge on any atom is 0.215 e. The average Bonchev–Trinajstić information content (AvgIpc) is 2.55. The quantitative estimate of drug-likeness (QED) is 0.639. The lowest BCUT2D eigenvalue weighted by atomic mass is 10.1. The van der Waals surface area contributed by atoms with Gasteiger partial charge in [0, 0.05) is 17.1 Å². The molecule has 4 nitrogen and oxygen atoms in total. The fourth-order valence-electron chi connectivity index (χ4n) is 2.48. The molecular weight excluding hydrogens is 377 g/mol. The Morgan fingerprint density at radius 3 is 2.62 bits per heavy atom. The topological polar surface area (TPSA) is 55.4 Å². The molecule has 0 aromatic heterocycles. The van der Waals surface area contributed by atoms with Gasteiger partial charge in [0.25, 0.3) is 0 Å². The van der Waals surface area contributed by atoms with Gasteiger partial charge in [-0.3, -0.25) is 0 Å². The Morgan fingerprint density at radius 1 is 1.19 bits per heavy atom. The molecule has 0 amide bonds. The van der Waals surface area contributed by atoms with Crippen LogP contribution in [0.1, 0.15) is 31.4 Å². The third kappa shape index (κ3) is 6.59. The predicted molar refractivity (Wildman–Crippen MR) is 103 cm³/mol. The first kappa shape index (κ1) is 20.7. The highest BCUT2D eigenvalue weighted by Crippen LogP contribution is 2.21. The maximum absolute atomic E-state index is 13.7. The Kier molecular flexibility index (Phi) is 7.43. The van der Waals surface area contributed by atoms with Crippen LogP contribution in [-0.2, 0) is 22.2 Å². The molecule has 0 aliphatic rings. The summed E-state index contributed by atoms with van der Waals surface area (Å²) in [5, 5.41) is 0.109. The maximum atomic E-state index is 13.7. The van der Waals surface area contributed by atoms with Gasteiger partial charge in [0.15, 0.2) is 0 Å². The Labute approximate surface area is 159 Å². The van der Waals surface area contributed by atoms with Gasteiger partial charge in [-0.15, -0.1) is 0 Å². The highest BCUT2D eigenvalue weighted by molar-refractivity contribution is 7.88. The molecular formula is C19H23ClFNO3S. The highest BCUT2D eigenvalue weighted by Gasteiger charge is 2.16. The molecule has 0 saturated carbocycles. The number of hydrogen-bond acceptors (Lipinski definition) is 3. The van der Waals surface area contributed by atoms with E-state index >= 15 is 0 Å². The number of rotatable bonds is 9. The summed E-state index contributed by atoms with van der Waals surface area (Å²) in [6.07, 6.45) is 1.43. The van der Waals surface area contributed by atoms with Gasteiger partial charge >= 0.3 is 0 Å². The number of hydrogen-bond donors (Lipinski definition) is 1. The molecule has 2 aromatic carbocycles. The van der Waals surface area contributed by atoms with E-state index in [2.05, 4.69) is 4.72 Å². The average molecular weight is 400 g/mol. The van der Waals surface area contributed by atoms with Crippen LogP contribution in [-0.4, -0.2) is 21.1 Å². The van der Waals surface area contributed by atoms with Gasteiger partial charge in [-0.25, -0.2) is 17.5 Å². The molecule has 0 radical (unpaired) electrons. The standard InChI is InChI=1S/C19H23ClFNO3S/c1-14(2)25-16-8-3-6-15(12-16)7-5-11-22-26(23,24)13-17-18(20)9-4-10-19(17)21/h3-4,6,8-10,12,14,22H,5,7,11,13H2,1-2H3. The largest absolute Gasteiger partial charge is 0.491 e. The number of nitrogens with one attached hydrogen (secondary N) is 1. The van der Waals surface area contributed by atoms with E-state index < -0.39 is 21.6 Å². The zero-order chi connectivity index (χ0) is 19.2. The molecule has 7 heteroatoms. The SMILES string of the molecule is CC(C)Oc1cccc(CCCNS(=O)(=O)Cc2c(F)cccc2Cl)c1. The van der Waals surface area contributed by atoms with E-state index in [0.717, 1.165) is 11.3 Å². The van der Waals surface area contributed by atoms with Gasteiger partial charge in [0.05, 0.1) is 11.9 Å². The molecule has 0 fully saturated rings. The van der Waals surface area contributed by atoms with Crippen LogP contribution in [0.2, 0.25) is 5.02 Å². The number of benzene rings is 2. The fraction of sp³-hybridized carbons (Fsp3) is 0.368. The summed E-state index contributed by atoms with van der Waals surface area (Å²) in [6.45, 7) is 4.19. The summed E-state index contributed by atoms with van der Waals surface area (Å²) in [6, 6.07) is 11.8. The van der Waals surface area contributed by atoms with Gasteiger partial charge in [-0.1, -0.05) is 29.8 Å². The molecule has 0 heterocycles. The van der Waals surface area contributed by atoms with Gasteiger partial charge < -0.3 is 4.74 Å². The second kappa shape index (κ2) is 9.35. The molecule has 0 aliphatic heterocycles. The van der Waals surface area contributed by atoms with E-state index in [1.54, 1.807) is 0 Å². The molecule has 0 atom stereocenters. The van der Waals surface area contributed by atoms with Crippen molar-refractivity contribution in [2.45, 2.75) is 38.5 Å². The zero-order valence-electron chi connectivity index (χ0n) is 14.8. The van der Waals surface area contributed by atoms with Crippen molar-refractivity contribution in [3.05, 3.63) is 64.4 Å². The summed E-state index contributed by atoms with van der Waals surface area (Å²) in [7, 11) is -3.66. The van der Waals surface area contributed by atoms with Crippen LogP contribution >= 0.6 is 11.6 Å². The fourth-order valence-corrected chi connectivity index (χ4v) is 4.02. The molecule has 26 heavy (non-hydrogen) atoms. The summed E-state index contributed by atoms with van der Waals surface area (Å²) < 4.78 is 46.1. The van der Waals surface area contributed by atoms with Crippen LogP contribution in [0.25, 0.3) is 0 Å². The Bertz CT molecular complexity index is 820. The Balaban J connectivity index is 1.85. The zero-order valence-corrected chi connectivity index (χ0v) is 16.4. The monoisotopic (exact) mass is 399 g/mol. The summed E-state index contributed by atoms with van der Waals surface area (Å²) >= 11 is 5.88. The third-order valence-corrected chi connectivity index (χ3v) is 5.30. The minimum atomic E-state index is -3.66. The van der Waals surface area contributed by atoms with Crippen LogP contribution in [0.5, 0.6) is 5.75 Å². The van der Waals surface area contributed by atoms with E-state index in [9.17, 15) is 12.8 Å². The van der Waals surface area contributed by atoms with Crippen molar-refractivity contribution in [1.29, 1.82) is 0 Å². The number of sulfonamides is 1. The van der Waals surface area contributed by atoms with E-state index in [1.807, 2.05) is 38.1 Å². The molecule has 0 aliphatic carbocycles. The Hall–Kier alpha value is -1.63. The van der Waals surface area contributed by atoms with E-state index in [0.29, 0.717) is 12.8 Å². The molecule has 0 bridgehead atoms. The molecule has 2 aromatic rings. The van der Waals surface area contributed by atoms with Crippen LogP contribution in [0.3, 0.4) is 0 Å². The number of aryl methyl sites for hydroxylation is 1. The van der Waals surface area contributed by atoms with Crippen molar-refractivity contribution in [3.63, 3.8) is 0 Å². The van der Waals surface area contributed by atoms with Gasteiger partial charge in [-0.2, -0.15) is 0 Å². The molecule has 2 rings (SSSR count). The second-order valence-electron chi connectivity index (χ2n) is 6.27. The van der Waals surface area contributed by atoms with Crippen molar-refractivity contribution < 1.29 is 17.5 Å². The van der Waals surface area contributed by atoms with Crippen molar-refractivity contribution >= 4 is 21.6 Å². The summed E-state index contributed by atoms with van der Waals surface area (Å²) in [5.41, 5.74) is 1.06. The number of halogens is 2. The molecule has 0 saturated heterocycles. The minimum absolute atomic E-state index is 0.0137. The van der Waals surface area contributed by atoms with E-state index in [1.165, 1.54) is 18.2 Å². The van der Waals surface area contributed by atoms with Crippen LogP contribution in [0.15, 0.2) is 42.5 Å². The molecule has 0 unspecified atom stereocenters. The smallest absolute Gasteiger partial charge is 0.215 e. The van der Waals surface area contributed by atoms with Crippen molar-refractivity contribution in [1.82, 2.24) is 4.72 Å². The first-order chi connectivity index (χ1) is 12.3. The predicted octanol–water partition coefficient (Wildman–Crippen LogP) is 4.32. The van der Waals surface area contributed by atoms with Crippen LogP contribution in [0.4, 0.5) is 4.39 Å². The van der Waals surface area contributed by atoms with Gasteiger partial charge in [0.1, 0.15) is 11.6 Å². The van der Waals surface area contributed by atoms with E-state index in [-0.39, 0.29) is 23.2 Å². The summed E-state index contributed by atoms with van der Waals surface area (Å²) in [5.74, 6) is -0.298. The highest BCUT2D eigenvalue weighted by atomic mass is 35.5.